The van der Waals surface area contributed by atoms with Crippen molar-refractivity contribution in [2.45, 2.75) is 32.4 Å². The lowest BCUT2D eigenvalue weighted by Gasteiger charge is -2.38. The van der Waals surface area contributed by atoms with Crippen LogP contribution in [0.25, 0.3) is 0 Å². The maximum atomic E-state index is 12.8. The number of nitrogens with two attached hydrogens (primary N) is 1. The summed E-state index contributed by atoms with van der Waals surface area (Å²) in [5.41, 5.74) is 5.90. The fourth-order valence-corrected chi connectivity index (χ4v) is 4.21. The van der Waals surface area contributed by atoms with E-state index in [9.17, 15) is 13.2 Å². The lowest BCUT2D eigenvalue weighted by atomic mass is 9.91. The van der Waals surface area contributed by atoms with Gasteiger partial charge in [0.1, 0.15) is 5.54 Å². The Bertz CT molecular complexity index is 703. The molecular weight excluding hydrogens is 390 g/mol. The zero-order valence-electron chi connectivity index (χ0n) is 16.1. The van der Waals surface area contributed by atoms with Crippen molar-refractivity contribution in [1.29, 1.82) is 0 Å². The lowest BCUT2D eigenvalue weighted by molar-refractivity contribution is -0.138. The number of benzene rings is 1. The molecule has 0 aliphatic carbocycles. The van der Waals surface area contributed by atoms with Gasteiger partial charge in [0.05, 0.1) is 18.5 Å². The second-order valence-electron chi connectivity index (χ2n) is 7.00. The smallest absolute Gasteiger partial charge is 0.247 e. The Kier molecular flexibility index (Phi) is 8.69. The first kappa shape index (κ1) is 23.8. The maximum Gasteiger partial charge on any atom is 0.247 e. The van der Waals surface area contributed by atoms with Crippen LogP contribution >= 0.6 is 12.4 Å². The van der Waals surface area contributed by atoms with Crippen molar-refractivity contribution in [3.63, 3.8) is 0 Å². The van der Waals surface area contributed by atoms with Gasteiger partial charge in [0.15, 0.2) is 0 Å². The average Bonchev–Trinajstić information content (AvgIpc) is 2.61. The van der Waals surface area contributed by atoms with Crippen LogP contribution in [0, 0.1) is 0 Å². The molecule has 1 amide bonds. The van der Waals surface area contributed by atoms with Crippen LogP contribution in [0.1, 0.15) is 26.3 Å². The zero-order valence-corrected chi connectivity index (χ0v) is 17.8. The van der Waals surface area contributed by atoms with Crippen LogP contribution in [0.2, 0.25) is 0 Å². The Balaban J connectivity index is 0.00000364. The summed E-state index contributed by atoms with van der Waals surface area (Å²) in [6.45, 7) is 6.83. The van der Waals surface area contributed by atoms with Crippen molar-refractivity contribution in [3.8, 4) is 0 Å². The Labute approximate surface area is 168 Å². The number of nitrogens with zero attached hydrogens (tertiary/aromatic N) is 2. The van der Waals surface area contributed by atoms with Crippen molar-refractivity contribution >= 4 is 28.3 Å². The standard InChI is InChI=1S/C18H29N3O4S.ClH/c1-15(2)25-13-14-26(23,24)21-11-9-20(10-12-21)17(22)18(3,19)16-7-5-4-6-8-16;/h4-8,15H,9-14,19H2,1-3H3;1H. The molecule has 2 N–H and O–H groups in total. The van der Waals surface area contributed by atoms with Crippen LogP contribution in [0.5, 0.6) is 0 Å². The van der Waals surface area contributed by atoms with Crippen molar-refractivity contribution < 1.29 is 17.9 Å². The van der Waals surface area contributed by atoms with Crippen molar-refractivity contribution in [2.75, 3.05) is 38.5 Å². The van der Waals surface area contributed by atoms with Gasteiger partial charge in [-0.05, 0) is 26.3 Å². The van der Waals surface area contributed by atoms with E-state index >= 15 is 0 Å². The van der Waals surface area contributed by atoms with Crippen LogP contribution < -0.4 is 5.73 Å². The van der Waals surface area contributed by atoms with Gasteiger partial charge in [0.25, 0.3) is 0 Å². The quantitative estimate of drug-likeness (QED) is 0.716. The topological polar surface area (TPSA) is 92.9 Å². The van der Waals surface area contributed by atoms with Gasteiger partial charge in [-0.25, -0.2) is 8.42 Å². The molecule has 9 heteroatoms. The molecular formula is C18H30ClN3O4S. The molecule has 0 aromatic heterocycles. The van der Waals surface area contributed by atoms with E-state index in [1.54, 1.807) is 11.8 Å². The van der Waals surface area contributed by atoms with Gasteiger partial charge in [-0.15, -0.1) is 12.4 Å². The van der Waals surface area contributed by atoms with Gasteiger partial charge < -0.3 is 15.4 Å². The second-order valence-corrected chi connectivity index (χ2v) is 9.08. The van der Waals surface area contributed by atoms with Gasteiger partial charge in [-0.1, -0.05) is 30.3 Å². The molecule has 1 heterocycles. The molecule has 7 nitrogen and oxygen atoms in total. The van der Waals surface area contributed by atoms with Gasteiger partial charge in [-0.3, -0.25) is 4.79 Å². The largest absolute Gasteiger partial charge is 0.378 e. The molecule has 154 valence electrons. The number of halogens is 1. The molecule has 0 spiro atoms. The summed E-state index contributed by atoms with van der Waals surface area (Å²) in [7, 11) is -3.38. The molecule has 27 heavy (non-hydrogen) atoms. The second kappa shape index (κ2) is 9.84. The van der Waals surface area contributed by atoms with Gasteiger partial charge in [0.2, 0.25) is 15.9 Å². The summed E-state index contributed by atoms with van der Waals surface area (Å²) in [5.74, 6) is -0.235. The first-order valence-corrected chi connectivity index (χ1v) is 10.5. The third-order valence-corrected chi connectivity index (χ3v) is 6.36. The van der Waals surface area contributed by atoms with E-state index < -0.39 is 15.6 Å². The van der Waals surface area contributed by atoms with Gasteiger partial charge in [0, 0.05) is 26.2 Å². The summed E-state index contributed by atoms with van der Waals surface area (Å²) in [6, 6.07) is 9.21. The number of amides is 1. The Morgan fingerprint density at radius 1 is 1.19 bits per heavy atom. The normalized spacial score (nSPS) is 18.0. The number of rotatable bonds is 7. The highest BCUT2D eigenvalue weighted by molar-refractivity contribution is 7.89. The highest BCUT2D eigenvalue weighted by Crippen LogP contribution is 2.21. The summed E-state index contributed by atoms with van der Waals surface area (Å²) < 4.78 is 31.5. The van der Waals surface area contributed by atoms with Crippen molar-refractivity contribution in [3.05, 3.63) is 35.9 Å². The molecule has 1 saturated heterocycles. The van der Waals surface area contributed by atoms with Gasteiger partial charge >= 0.3 is 0 Å². The average molecular weight is 420 g/mol. The van der Waals surface area contributed by atoms with Crippen LogP contribution in [0.3, 0.4) is 0 Å². The molecule has 1 aliphatic rings. The van der Waals surface area contributed by atoms with Crippen molar-refractivity contribution in [2.24, 2.45) is 5.73 Å². The highest BCUT2D eigenvalue weighted by atomic mass is 35.5. The van der Waals surface area contributed by atoms with Crippen LogP contribution in [0.4, 0.5) is 0 Å². The number of carbonyl (C=O) groups is 1. The van der Waals surface area contributed by atoms with Crippen molar-refractivity contribution in [1.82, 2.24) is 9.21 Å². The van der Waals surface area contributed by atoms with E-state index in [1.165, 1.54) is 4.31 Å². The van der Waals surface area contributed by atoms with E-state index in [0.29, 0.717) is 13.1 Å². The molecule has 0 radical (unpaired) electrons. The number of piperazine rings is 1. The molecule has 1 fully saturated rings. The molecule has 1 unspecified atom stereocenters. The van der Waals surface area contributed by atoms with E-state index in [1.807, 2.05) is 44.2 Å². The highest BCUT2D eigenvalue weighted by Gasteiger charge is 2.37. The first-order valence-electron chi connectivity index (χ1n) is 8.88. The molecule has 2 rings (SSSR count). The molecule has 0 saturated carbocycles. The predicted molar refractivity (Wildman–Crippen MR) is 108 cm³/mol. The van der Waals surface area contributed by atoms with E-state index in [-0.39, 0.29) is 49.9 Å². The van der Waals surface area contributed by atoms with E-state index in [0.717, 1.165) is 5.56 Å². The Morgan fingerprint density at radius 2 is 1.74 bits per heavy atom. The number of hydrogen-bond donors (Lipinski definition) is 1. The van der Waals surface area contributed by atoms with Crippen LogP contribution in [-0.2, 0) is 25.1 Å². The Hall–Kier alpha value is -1.19. The van der Waals surface area contributed by atoms with E-state index in [4.69, 9.17) is 10.5 Å². The third-order valence-electron chi connectivity index (χ3n) is 4.53. The first-order chi connectivity index (χ1) is 12.1. The summed E-state index contributed by atoms with van der Waals surface area (Å²) in [6.07, 6.45) is -0.000105. The van der Waals surface area contributed by atoms with E-state index in [2.05, 4.69) is 0 Å². The maximum absolute atomic E-state index is 12.8. The minimum Gasteiger partial charge on any atom is -0.378 e. The summed E-state index contributed by atoms with van der Waals surface area (Å²) in [5, 5.41) is 0. The molecule has 1 atom stereocenters. The number of carbonyl (C=O) groups excluding carboxylic acids is 1. The fourth-order valence-electron chi connectivity index (χ4n) is 2.92. The summed E-state index contributed by atoms with van der Waals surface area (Å²) >= 11 is 0. The molecule has 0 bridgehead atoms. The zero-order chi connectivity index (χ0) is 19.4. The predicted octanol–water partition coefficient (Wildman–Crippen LogP) is 1.18. The summed E-state index contributed by atoms with van der Waals surface area (Å²) in [4.78, 5) is 14.5. The number of ether oxygens (including phenoxy) is 1. The lowest BCUT2D eigenvalue weighted by Crippen LogP contribution is -2.57. The Morgan fingerprint density at radius 3 is 2.26 bits per heavy atom. The monoisotopic (exact) mass is 419 g/mol. The molecule has 1 aromatic carbocycles. The molecule has 1 aliphatic heterocycles. The SMILES string of the molecule is CC(C)OCCS(=O)(=O)N1CCN(C(=O)C(C)(N)c2ccccc2)CC1.Cl. The van der Waals surface area contributed by atoms with Crippen LogP contribution in [0.15, 0.2) is 30.3 Å². The minimum absolute atomic E-state index is 0. The van der Waals surface area contributed by atoms with Gasteiger partial charge in [-0.2, -0.15) is 4.31 Å². The third kappa shape index (κ3) is 6.15. The number of hydrogen-bond acceptors (Lipinski definition) is 5. The molecule has 1 aromatic rings. The van der Waals surface area contributed by atoms with Crippen LogP contribution in [-0.4, -0.2) is 68.2 Å². The minimum atomic E-state index is -3.38. The fraction of sp³-hybridized carbons (Fsp3) is 0.611. The number of sulfonamides is 1.